The summed E-state index contributed by atoms with van der Waals surface area (Å²) in [5.41, 5.74) is 1.42. The van der Waals surface area contributed by atoms with Crippen molar-refractivity contribution in [3.63, 3.8) is 0 Å². The van der Waals surface area contributed by atoms with Gasteiger partial charge in [0.25, 0.3) is 0 Å². The number of amides is 1. The number of carbonyl (C=O) groups is 2. The molecule has 6 heteroatoms. The third kappa shape index (κ3) is 4.23. The van der Waals surface area contributed by atoms with Gasteiger partial charge in [-0.3, -0.25) is 4.79 Å². The number of rotatable bonds is 5. The molecule has 5 nitrogen and oxygen atoms in total. The zero-order valence-corrected chi connectivity index (χ0v) is 13.5. The van der Waals surface area contributed by atoms with Crippen molar-refractivity contribution in [3.05, 3.63) is 58.6 Å². The van der Waals surface area contributed by atoms with Gasteiger partial charge in [-0.1, -0.05) is 29.8 Å². The number of hydrogen-bond acceptors (Lipinski definition) is 4. The molecule has 0 aliphatic carbocycles. The highest BCUT2D eigenvalue weighted by Crippen LogP contribution is 2.24. The lowest BCUT2D eigenvalue weighted by atomic mass is 10.1. The minimum Gasteiger partial charge on any atom is -0.496 e. The topological polar surface area (TPSA) is 64.6 Å². The minimum atomic E-state index is -0.498. The van der Waals surface area contributed by atoms with E-state index in [0.29, 0.717) is 22.0 Å². The first-order valence-electron chi connectivity index (χ1n) is 6.84. The van der Waals surface area contributed by atoms with E-state index in [1.54, 1.807) is 13.2 Å². The molecule has 1 amide bonds. The summed E-state index contributed by atoms with van der Waals surface area (Å²) in [5.74, 6) is -0.127. The Morgan fingerprint density at radius 1 is 1.13 bits per heavy atom. The quantitative estimate of drug-likeness (QED) is 0.852. The summed E-state index contributed by atoms with van der Waals surface area (Å²) in [4.78, 5) is 23.8. The lowest BCUT2D eigenvalue weighted by Crippen LogP contribution is -2.15. The largest absolute Gasteiger partial charge is 0.496 e. The van der Waals surface area contributed by atoms with Crippen LogP contribution in [0.15, 0.2) is 42.5 Å². The molecule has 0 atom stereocenters. The van der Waals surface area contributed by atoms with Crippen molar-refractivity contribution in [1.82, 2.24) is 0 Å². The van der Waals surface area contributed by atoms with Crippen LogP contribution < -0.4 is 10.1 Å². The van der Waals surface area contributed by atoms with Crippen LogP contribution in [0.5, 0.6) is 5.75 Å². The lowest BCUT2D eigenvalue weighted by molar-refractivity contribution is -0.115. The Morgan fingerprint density at radius 2 is 1.87 bits per heavy atom. The molecule has 0 heterocycles. The van der Waals surface area contributed by atoms with Crippen molar-refractivity contribution in [1.29, 1.82) is 0 Å². The van der Waals surface area contributed by atoms with Gasteiger partial charge in [0.2, 0.25) is 5.91 Å². The molecule has 0 saturated carbocycles. The summed E-state index contributed by atoms with van der Waals surface area (Å²) in [5, 5.41) is 3.03. The Labute approximate surface area is 139 Å². The maximum atomic E-state index is 12.2. The van der Waals surface area contributed by atoms with Crippen molar-refractivity contribution in [3.8, 4) is 5.75 Å². The molecule has 0 aromatic heterocycles. The second-order valence-corrected chi connectivity index (χ2v) is 5.13. The molecule has 0 aliphatic heterocycles. The van der Waals surface area contributed by atoms with Crippen LogP contribution in [-0.2, 0) is 16.0 Å². The van der Waals surface area contributed by atoms with Crippen molar-refractivity contribution in [2.45, 2.75) is 6.42 Å². The average Bonchev–Trinajstić information content (AvgIpc) is 2.56. The van der Waals surface area contributed by atoms with Gasteiger partial charge in [0.15, 0.2) is 0 Å². The molecular formula is C17H16ClNO4. The van der Waals surface area contributed by atoms with Crippen LogP contribution in [-0.4, -0.2) is 26.1 Å². The molecule has 2 aromatic rings. The third-order valence-corrected chi connectivity index (χ3v) is 3.53. The first-order valence-corrected chi connectivity index (χ1v) is 7.22. The molecule has 2 rings (SSSR count). The third-order valence-electron chi connectivity index (χ3n) is 3.21. The van der Waals surface area contributed by atoms with Gasteiger partial charge in [-0.05, 0) is 24.3 Å². The predicted molar refractivity (Wildman–Crippen MR) is 88.1 cm³/mol. The summed E-state index contributed by atoms with van der Waals surface area (Å²) < 4.78 is 9.87. The van der Waals surface area contributed by atoms with Gasteiger partial charge in [-0.25, -0.2) is 4.79 Å². The number of esters is 1. The molecule has 0 spiro atoms. The van der Waals surface area contributed by atoms with Crippen LogP contribution in [0.25, 0.3) is 0 Å². The van der Waals surface area contributed by atoms with Gasteiger partial charge in [0.05, 0.1) is 36.9 Å². The Morgan fingerprint density at radius 3 is 2.57 bits per heavy atom. The van der Waals surface area contributed by atoms with E-state index in [-0.39, 0.29) is 12.3 Å². The standard InChI is InChI=1S/C17H16ClNO4/c1-22-15-6-4-3-5-11(15)10-16(20)19-14-9-12(17(21)23-2)7-8-13(14)18/h3-9H,10H2,1-2H3,(H,19,20). The SMILES string of the molecule is COC(=O)c1ccc(Cl)c(NC(=O)Cc2ccccc2OC)c1. The maximum Gasteiger partial charge on any atom is 0.337 e. The van der Waals surface area contributed by atoms with Crippen LogP contribution in [0.4, 0.5) is 5.69 Å². The van der Waals surface area contributed by atoms with E-state index in [4.69, 9.17) is 16.3 Å². The number of halogens is 1. The molecule has 2 aromatic carbocycles. The molecule has 0 radical (unpaired) electrons. The Hall–Kier alpha value is -2.53. The molecule has 1 N–H and O–H groups in total. The second-order valence-electron chi connectivity index (χ2n) is 4.72. The van der Waals surface area contributed by atoms with E-state index >= 15 is 0 Å². The minimum absolute atomic E-state index is 0.128. The predicted octanol–water partition coefficient (Wildman–Crippen LogP) is 3.32. The zero-order valence-electron chi connectivity index (χ0n) is 12.8. The van der Waals surface area contributed by atoms with Gasteiger partial charge in [-0.2, -0.15) is 0 Å². The molecular weight excluding hydrogens is 318 g/mol. The summed E-state index contributed by atoms with van der Waals surface area (Å²) in [6.45, 7) is 0. The number of hydrogen-bond donors (Lipinski definition) is 1. The Balaban J connectivity index is 2.15. The number of ether oxygens (including phenoxy) is 2. The van der Waals surface area contributed by atoms with Crippen LogP contribution in [0.2, 0.25) is 5.02 Å². The average molecular weight is 334 g/mol. The smallest absolute Gasteiger partial charge is 0.337 e. The van der Waals surface area contributed by atoms with Gasteiger partial charge in [0, 0.05) is 5.56 Å². The van der Waals surface area contributed by atoms with Gasteiger partial charge in [-0.15, -0.1) is 0 Å². The van der Waals surface area contributed by atoms with Crippen molar-refractivity contribution >= 4 is 29.2 Å². The highest BCUT2D eigenvalue weighted by atomic mass is 35.5. The highest BCUT2D eigenvalue weighted by molar-refractivity contribution is 6.33. The van der Waals surface area contributed by atoms with Gasteiger partial charge >= 0.3 is 5.97 Å². The number of carbonyl (C=O) groups excluding carboxylic acids is 2. The fourth-order valence-corrected chi connectivity index (χ4v) is 2.25. The summed E-state index contributed by atoms with van der Waals surface area (Å²) in [6.07, 6.45) is 0.128. The fourth-order valence-electron chi connectivity index (χ4n) is 2.08. The van der Waals surface area contributed by atoms with Crippen LogP contribution >= 0.6 is 11.6 Å². The van der Waals surface area contributed by atoms with Crippen molar-refractivity contribution < 1.29 is 19.1 Å². The van der Waals surface area contributed by atoms with Crippen molar-refractivity contribution in [2.75, 3.05) is 19.5 Å². The first kappa shape index (κ1) is 16.8. The molecule has 0 aliphatic rings. The molecule has 0 saturated heterocycles. The zero-order chi connectivity index (χ0) is 16.8. The molecule has 23 heavy (non-hydrogen) atoms. The molecule has 0 unspecified atom stereocenters. The number of anilines is 1. The first-order chi connectivity index (χ1) is 11.0. The van der Waals surface area contributed by atoms with E-state index in [0.717, 1.165) is 5.56 Å². The summed E-state index contributed by atoms with van der Waals surface area (Å²) in [6, 6.07) is 11.8. The summed E-state index contributed by atoms with van der Waals surface area (Å²) >= 11 is 6.06. The maximum absolute atomic E-state index is 12.2. The Bertz CT molecular complexity index is 730. The van der Waals surface area contributed by atoms with Crippen molar-refractivity contribution in [2.24, 2.45) is 0 Å². The Kier molecular flexibility index (Phi) is 5.60. The molecule has 120 valence electrons. The monoisotopic (exact) mass is 333 g/mol. The fraction of sp³-hybridized carbons (Fsp3) is 0.176. The van der Waals surface area contributed by atoms with Gasteiger partial charge in [0.1, 0.15) is 5.75 Å². The van der Waals surface area contributed by atoms with Gasteiger partial charge < -0.3 is 14.8 Å². The normalized spacial score (nSPS) is 10.0. The lowest BCUT2D eigenvalue weighted by Gasteiger charge is -2.11. The van der Waals surface area contributed by atoms with Crippen LogP contribution in [0.1, 0.15) is 15.9 Å². The van der Waals surface area contributed by atoms with Crippen LogP contribution in [0.3, 0.4) is 0 Å². The number of methoxy groups -OCH3 is 2. The molecule has 0 bridgehead atoms. The van der Waals surface area contributed by atoms with Crippen LogP contribution in [0, 0.1) is 0 Å². The number of para-hydroxylation sites is 1. The van der Waals surface area contributed by atoms with E-state index < -0.39 is 5.97 Å². The van der Waals surface area contributed by atoms with E-state index in [2.05, 4.69) is 10.1 Å². The summed E-state index contributed by atoms with van der Waals surface area (Å²) in [7, 11) is 2.84. The number of nitrogens with one attached hydrogen (secondary N) is 1. The highest BCUT2D eigenvalue weighted by Gasteiger charge is 2.13. The van der Waals surface area contributed by atoms with E-state index in [1.165, 1.54) is 25.3 Å². The second kappa shape index (κ2) is 7.65. The van der Waals surface area contributed by atoms with E-state index in [1.807, 2.05) is 18.2 Å². The molecule has 0 fully saturated rings. The van der Waals surface area contributed by atoms with E-state index in [9.17, 15) is 9.59 Å². The number of benzene rings is 2.